The summed E-state index contributed by atoms with van der Waals surface area (Å²) in [6, 6.07) is -0.730. The molecule has 0 aromatic rings. The van der Waals surface area contributed by atoms with E-state index in [0.29, 0.717) is 6.42 Å². The van der Waals surface area contributed by atoms with E-state index in [2.05, 4.69) is 12.2 Å². The Labute approximate surface area is 104 Å². The van der Waals surface area contributed by atoms with E-state index in [9.17, 15) is 9.59 Å². The highest BCUT2D eigenvalue weighted by atomic mass is 16.4. The second kappa shape index (κ2) is 9.02. The lowest BCUT2D eigenvalue weighted by molar-refractivity contribution is -0.142. The first-order chi connectivity index (χ1) is 8.02. The normalized spacial score (nSPS) is 14.1. The molecule has 0 aromatic heterocycles. The quantitative estimate of drug-likeness (QED) is 0.654. The van der Waals surface area contributed by atoms with Gasteiger partial charge in [0.25, 0.3) is 0 Å². The molecule has 0 spiro atoms. The molecule has 1 amide bonds. The molecule has 0 aliphatic heterocycles. The number of unbranched alkanes of at least 4 members (excludes halogenated alkanes) is 2. The average Bonchev–Trinajstić information content (AvgIpc) is 2.30. The maximum atomic E-state index is 11.8. The van der Waals surface area contributed by atoms with E-state index in [1.165, 1.54) is 0 Å². The molecule has 0 aliphatic carbocycles. The topological polar surface area (TPSA) is 66.4 Å². The molecule has 100 valence electrons. The molecule has 0 fully saturated rings. The van der Waals surface area contributed by atoms with Crippen LogP contribution < -0.4 is 5.32 Å². The van der Waals surface area contributed by atoms with Crippen LogP contribution >= 0.6 is 0 Å². The van der Waals surface area contributed by atoms with Crippen molar-refractivity contribution in [1.82, 2.24) is 5.32 Å². The fraction of sp³-hybridized carbons (Fsp3) is 0.846. The Balaban J connectivity index is 4.15. The Kier molecular flexibility index (Phi) is 8.46. The highest BCUT2D eigenvalue weighted by Gasteiger charge is 2.21. The van der Waals surface area contributed by atoms with Crippen LogP contribution in [0, 0.1) is 5.92 Å². The molecule has 0 saturated carbocycles. The van der Waals surface area contributed by atoms with Crippen LogP contribution in [0.15, 0.2) is 0 Å². The highest BCUT2D eigenvalue weighted by Crippen LogP contribution is 2.09. The third-order valence-electron chi connectivity index (χ3n) is 2.90. The molecule has 2 unspecified atom stereocenters. The largest absolute Gasteiger partial charge is 0.480 e. The van der Waals surface area contributed by atoms with E-state index < -0.39 is 12.0 Å². The van der Waals surface area contributed by atoms with Crippen LogP contribution in [0.3, 0.4) is 0 Å². The van der Waals surface area contributed by atoms with Crippen LogP contribution in [0.2, 0.25) is 0 Å². The van der Waals surface area contributed by atoms with Gasteiger partial charge in [0, 0.05) is 5.92 Å². The molecule has 0 aromatic carbocycles. The number of amides is 1. The van der Waals surface area contributed by atoms with E-state index in [-0.39, 0.29) is 11.8 Å². The van der Waals surface area contributed by atoms with Crippen LogP contribution in [-0.4, -0.2) is 23.0 Å². The summed E-state index contributed by atoms with van der Waals surface area (Å²) < 4.78 is 0. The van der Waals surface area contributed by atoms with E-state index in [0.717, 1.165) is 32.1 Å². The molecular weight excluding hydrogens is 218 g/mol. The monoisotopic (exact) mass is 243 g/mol. The van der Waals surface area contributed by atoms with Gasteiger partial charge in [-0.1, -0.05) is 46.5 Å². The first-order valence-electron chi connectivity index (χ1n) is 6.56. The second-order valence-electron chi connectivity index (χ2n) is 4.58. The molecular formula is C13H25NO3. The summed E-state index contributed by atoms with van der Waals surface area (Å²) in [5.74, 6) is -1.17. The van der Waals surface area contributed by atoms with Gasteiger partial charge in [0.15, 0.2) is 0 Å². The van der Waals surface area contributed by atoms with Gasteiger partial charge in [-0.3, -0.25) is 4.79 Å². The third kappa shape index (κ3) is 6.97. The van der Waals surface area contributed by atoms with E-state index in [4.69, 9.17) is 5.11 Å². The molecule has 0 aliphatic rings. The number of hydrogen-bond acceptors (Lipinski definition) is 2. The van der Waals surface area contributed by atoms with Crippen LogP contribution in [-0.2, 0) is 9.59 Å². The number of carboxylic acids is 1. The van der Waals surface area contributed by atoms with Gasteiger partial charge in [0.05, 0.1) is 0 Å². The SMILES string of the molecule is CCCCC(C)C(=O)NC(CCCC)C(=O)O. The summed E-state index contributed by atoms with van der Waals surface area (Å²) in [5.41, 5.74) is 0. The Bertz CT molecular complexity index is 241. The van der Waals surface area contributed by atoms with Crippen molar-refractivity contribution in [2.45, 2.75) is 65.3 Å². The van der Waals surface area contributed by atoms with Gasteiger partial charge in [-0.25, -0.2) is 4.79 Å². The Morgan fingerprint density at radius 1 is 1.12 bits per heavy atom. The van der Waals surface area contributed by atoms with E-state index in [1.54, 1.807) is 0 Å². The Hall–Kier alpha value is -1.06. The highest BCUT2D eigenvalue weighted by molar-refractivity contribution is 5.84. The summed E-state index contributed by atoms with van der Waals surface area (Å²) >= 11 is 0. The van der Waals surface area contributed by atoms with Crippen molar-refractivity contribution in [3.63, 3.8) is 0 Å². The molecule has 2 atom stereocenters. The Morgan fingerprint density at radius 2 is 1.65 bits per heavy atom. The molecule has 17 heavy (non-hydrogen) atoms. The molecule has 0 rings (SSSR count). The maximum absolute atomic E-state index is 11.8. The lowest BCUT2D eigenvalue weighted by atomic mass is 10.0. The van der Waals surface area contributed by atoms with Crippen LogP contribution in [0.4, 0.5) is 0 Å². The number of nitrogens with one attached hydrogen (secondary N) is 1. The first-order valence-corrected chi connectivity index (χ1v) is 6.56. The summed E-state index contributed by atoms with van der Waals surface area (Å²) in [6.45, 7) is 5.93. The van der Waals surface area contributed by atoms with Crippen molar-refractivity contribution in [2.24, 2.45) is 5.92 Å². The van der Waals surface area contributed by atoms with Gasteiger partial charge in [0.1, 0.15) is 6.04 Å². The molecule has 0 radical (unpaired) electrons. The number of carbonyl (C=O) groups is 2. The zero-order valence-corrected chi connectivity index (χ0v) is 11.2. The minimum atomic E-state index is -0.936. The van der Waals surface area contributed by atoms with Crippen molar-refractivity contribution < 1.29 is 14.7 Å². The summed E-state index contributed by atoms with van der Waals surface area (Å²) in [5, 5.41) is 11.6. The van der Waals surface area contributed by atoms with Gasteiger partial charge >= 0.3 is 5.97 Å². The first kappa shape index (κ1) is 15.9. The summed E-state index contributed by atoms with van der Waals surface area (Å²) in [4.78, 5) is 22.7. The summed E-state index contributed by atoms with van der Waals surface area (Å²) in [7, 11) is 0. The third-order valence-corrected chi connectivity index (χ3v) is 2.90. The van der Waals surface area contributed by atoms with Gasteiger partial charge in [0.2, 0.25) is 5.91 Å². The number of aliphatic carboxylic acids is 1. The van der Waals surface area contributed by atoms with Crippen LogP contribution in [0.25, 0.3) is 0 Å². The molecule has 0 heterocycles. The smallest absolute Gasteiger partial charge is 0.326 e. The minimum absolute atomic E-state index is 0.0987. The van der Waals surface area contributed by atoms with Crippen LogP contribution in [0.1, 0.15) is 59.3 Å². The zero-order chi connectivity index (χ0) is 13.3. The predicted octanol–water partition coefficient (Wildman–Crippen LogP) is 2.57. The molecule has 0 bridgehead atoms. The zero-order valence-electron chi connectivity index (χ0n) is 11.2. The number of carbonyl (C=O) groups excluding carboxylic acids is 1. The molecule has 0 saturated heterocycles. The Morgan fingerprint density at radius 3 is 2.12 bits per heavy atom. The van der Waals surface area contributed by atoms with E-state index in [1.807, 2.05) is 13.8 Å². The van der Waals surface area contributed by atoms with Crippen molar-refractivity contribution in [1.29, 1.82) is 0 Å². The second-order valence-corrected chi connectivity index (χ2v) is 4.58. The lowest BCUT2D eigenvalue weighted by Crippen LogP contribution is -2.43. The number of rotatable bonds is 9. The fourth-order valence-corrected chi connectivity index (χ4v) is 1.62. The lowest BCUT2D eigenvalue weighted by Gasteiger charge is -2.17. The molecule has 4 nitrogen and oxygen atoms in total. The van der Waals surface area contributed by atoms with Gasteiger partial charge in [-0.2, -0.15) is 0 Å². The van der Waals surface area contributed by atoms with Crippen molar-refractivity contribution >= 4 is 11.9 Å². The van der Waals surface area contributed by atoms with Crippen molar-refractivity contribution in [3.8, 4) is 0 Å². The van der Waals surface area contributed by atoms with Gasteiger partial charge < -0.3 is 10.4 Å². The van der Waals surface area contributed by atoms with Crippen LogP contribution in [0.5, 0.6) is 0 Å². The standard InChI is InChI=1S/C13H25NO3/c1-4-6-8-10(3)12(15)14-11(13(16)17)9-7-5-2/h10-11H,4-9H2,1-3H3,(H,14,15)(H,16,17). The molecule has 2 N–H and O–H groups in total. The van der Waals surface area contributed by atoms with Gasteiger partial charge in [-0.05, 0) is 12.8 Å². The minimum Gasteiger partial charge on any atom is -0.480 e. The van der Waals surface area contributed by atoms with Gasteiger partial charge in [-0.15, -0.1) is 0 Å². The number of hydrogen-bond donors (Lipinski definition) is 2. The summed E-state index contributed by atoms with van der Waals surface area (Å²) in [6.07, 6.45) is 5.14. The fourth-order valence-electron chi connectivity index (χ4n) is 1.62. The van der Waals surface area contributed by atoms with E-state index >= 15 is 0 Å². The predicted molar refractivity (Wildman–Crippen MR) is 67.8 cm³/mol. The van der Waals surface area contributed by atoms with Crippen molar-refractivity contribution in [3.05, 3.63) is 0 Å². The number of carboxylic acid groups (broad SMARTS) is 1. The van der Waals surface area contributed by atoms with Crippen molar-refractivity contribution in [2.75, 3.05) is 0 Å². The maximum Gasteiger partial charge on any atom is 0.326 e. The molecule has 4 heteroatoms. The average molecular weight is 243 g/mol.